The lowest BCUT2D eigenvalue weighted by atomic mass is 9.88. The predicted octanol–water partition coefficient (Wildman–Crippen LogP) is 2.70. The minimum absolute atomic E-state index is 0.0774. The molecule has 1 aliphatic rings. The van der Waals surface area contributed by atoms with E-state index in [1.807, 2.05) is 26.0 Å². The average Bonchev–Trinajstić information content (AvgIpc) is 2.47. The molecule has 0 heterocycles. The highest BCUT2D eigenvalue weighted by atomic mass is 16.5. The van der Waals surface area contributed by atoms with Crippen molar-refractivity contribution < 1.29 is 9.53 Å². The van der Waals surface area contributed by atoms with E-state index in [0.717, 1.165) is 37.0 Å². The van der Waals surface area contributed by atoms with E-state index in [0.29, 0.717) is 0 Å². The van der Waals surface area contributed by atoms with Crippen LogP contribution in [-0.2, 0) is 11.2 Å². The Bertz CT molecular complexity index is 502. The molecule has 0 bridgehead atoms. The van der Waals surface area contributed by atoms with Crippen molar-refractivity contribution in [2.45, 2.75) is 64.6 Å². The fraction of sp³-hybridized carbons (Fsp3) is 0.588. The van der Waals surface area contributed by atoms with Gasteiger partial charge in [0.1, 0.15) is 5.75 Å². The quantitative estimate of drug-likeness (QED) is 0.876. The molecule has 2 rings (SSSR count). The number of aryl methyl sites for hydroxylation is 1. The van der Waals surface area contributed by atoms with Crippen LogP contribution >= 0.6 is 0 Å². The summed E-state index contributed by atoms with van der Waals surface area (Å²) in [6.07, 6.45) is 3.64. The number of hydrogen-bond acceptors (Lipinski definition) is 3. The van der Waals surface area contributed by atoms with Crippen molar-refractivity contribution in [1.82, 2.24) is 5.32 Å². The highest BCUT2D eigenvalue weighted by Gasteiger charge is 2.20. The van der Waals surface area contributed by atoms with Crippen LogP contribution in [0.2, 0.25) is 0 Å². The van der Waals surface area contributed by atoms with Gasteiger partial charge in [-0.25, -0.2) is 0 Å². The molecule has 0 fully saturated rings. The van der Waals surface area contributed by atoms with Crippen LogP contribution in [0.5, 0.6) is 5.75 Å². The van der Waals surface area contributed by atoms with Crippen molar-refractivity contribution >= 4 is 5.91 Å². The molecule has 1 amide bonds. The molecule has 3 N–H and O–H groups in total. The van der Waals surface area contributed by atoms with E-state index in [9.17, 15) is 4.79 Å². The highest BCUT2D eigenvalue weighted by molar-refractivity contribution is 5.80. The lowest BCUT2D eigenvalue weighted by Crippen LogP contribution is -2.41. The summed E-state index contributed by atoms with van der Waals surface area (Å²) in [5.74, 6) is 0.643. The molecule has 0 aromatic heterocycles. The fourth-order valence-electron chi connectivity index (χ4n) is 2.61. The number of amides is 1. The molecule has 0 spiro atoms. The van der Waals surface area contributed by atoms with Crippen molar-refractivity contribution in [1.29, 1.82) is 0 Å². The van der Waals surface area contributed by atoms with Gasteiger partial charge in [0.2, 0.25) is 0 Å². The second-order valence-corrected chi connectivity index (χ2v) is 5.94. The molecule has 1 aromatic carbocycles. The topological polar surface area (TPSA) is 64.3 Å². The Morgan fingerprint density at radius 1 is 1.48 bits per heavy atom. The van der Waals surface area contributed by atoms with Gasteiger partial charge in [-0.2, -0.15) is 0 Å². The summed E-state index contributed by atoms with van der Waals surface area (Å²) >= 11 is 0. The first-order valence-corrected chi connectivity index (χ1v) is 7.86. The first kappa shape index (κ1) is 15.8. The van der Waals surface area contributed by atoms with Crippen LogP contribution in [0.3, 0.4) is 0 Å². The van der Waals surface area contributed by atoms with Crippen molar-refractivity contribution in [3.05, 3.63) is 29.3 Å². The fourth-order valence-corrected chi connectivity index (χ4v) is 2.61. The van der Waals surface area contributed by atoms with Crippen molar-refractivity contribution in [3.63, 3.8) is 0 Å². The van der Waals surface area contributed by atoms with Gasteiger partial charge in [0, 0.05) is 12.1 Å². The van der Waals surface area contributed by atoms with Gasteiger partial charge >= 0.3 is 0 Å². The summed E-state index contributed by atoms with van der Waals surface area (Å²) in [6, 6.07) is 6.25. The number of carbonyl (C=O) groups excluding carboxylic acids is 1. The molecular weight excluding hydrogens is 264 g/mol. The summed E-state index contributed by atoms with van der Waals surface area (Å²) in [4.78, 5) is 12.0. The third-order valence-electron chi connectivity index (χ3n) is 4.16. The SMILES string of the molecule is CCC(C)NC(=O)C(C)Oc1ccc2c(c1)[C@H](N)CCC2. The number of rotatable bonds is 5. The van der Waals surface area contributed by atoms with Crippen LogP contribution in [0.1, 0.15) is 57.2 Å². The van der Waals surface area contributed by atoms with E-state index in [4.69, 9.17) is 10.5 Å². The predicted molar refractivity (Wildman–Crippen MR) is 84.3 cm³/mol. The van der Waals surface area contributed by atoms with Gasteiger partial charge in [-0.1, -0.05) is 13.0 Å². The van der Waals surface area contributed by atoms with Crippen molar-refractivity contribution in [2.75, 3.05) is 0 Å². The molecule has 0 saturated carbocycles. The van der Waals surface area contributed by atoms with Gasteiger partial charge in [-0.3, -0.25) is 4.79 Å². The molecule has 3 atom stereocenters. The lowest BCUT2D eigenvalue weighted by Gasteiger charge is -2.24. The van der Waals surface area contributed by atoms with E-state index in [-0.39, 0.29) is 18.0 Å². The largest absolute Gasteiger partial charge is 0.481 e. The number of nitrogens with one attached hydrogen (secondary N) is 1. The van der Waals surface area contributed by atoms with Crippen LogP contribution in [0.15, 0.2) is 18.2 Å². The summed E-state index contributed by atoms with van der Waals surface area (Å²) in [6.45, 7) is 5.81. The minimum Gasteiger partial charge on any atom is -0.481 e. The molecule has 2 unspecified atom stereocenters. The average molecular weight is 290 g/mol. The monoisotopic (exact) mass is 290 g/mol. The summed E-state index contributed by atoms with van der Waals surface area (Å²) < 4.78 is 5.77. The number of fused-ring (bicyclic) bond motifs is 1. The van der Waals surface area contributed by atoms with Crippen molar-refractivity contribution in [3.8, 4) is 5.75 Å². The summed E-state index contributed by atoms with van der Waals surface area (Å²) in [5.41, 5.74) is 8.62. The van der Waals surface area contributed by atoms with Crippen molar-refractivity contribution in [2.24, 2.45) is 5.73 Å². The van der Waals surface area contributed by atoms with Crippen LogP contribution in [0, 0.1) is 0 Å². The summed E-state index contributed by atoms with van der Waals surface area (Å²) in [7, 11) is 0. The third kappa shape index (κ3) is 3.97. The minimum atomic E-state index is -0.503. The smallest absolute Gasteiger partial charge is 0.260 e. The maximum atomic E-state index is 12.0. The number of ether oxygens (including phenoxy) is 1. The molecule has 0 aliphatic heterocycles. The highest BCUT2D eigenvalue weighted by Crippen LogP contribution is 2.31. The standard InChI is InChI=1S/C17H26N2O2/c1-4-11(2)19-17(20)12(3)21-14-9-8-13-6-5-7-16(18)15(13)10-14/h8-12,16H,4-7,18H2,1-3H3,(H,19,20)/t11?,12?,16-/m1/s1. The van der Waals surface area contributed by atoms with Crippen LogP contribution in [0.4, 0.5) is 0 Å². The third-order valence-corrected chi connectivity index (χ3v) is 4.16. The first-order valence-electron chi connectivity index (χ1n) is 7.86. The molecule has 116 valence electrons. The maximum Gasteiger partial charge on any atom is 0.260 e. The zero-order valence-corrected chi connectivity index (χ0v) is 13.2. The molecule has 21 heavy (non-hydrogen) atoms. The molecular formula is C17H26N2O2. The van der Waals surface area contributed by atoms with E-state index in [1.54, 1.807) is 6.92 Å². The molecule has 0 saturated heterocycles. The number of nitrogens with two attached hydrogens (primary N) is 1. The Morgan fingerprint density at radius 3 is 2.95 bits per heavy atom. The van der Waals surface area contributed by atoms with E-state index in [2.05, 4.69) is 11.4 Å². The summed E-state index contributed by atoms with van der Waals surface area (Å²) in [5, 5.41) is 2.93. The Labute approximate surface area is 127 Å². The first-order chi connectivity index (χ1) is 10.0. The van der Waals surface area contributed by atoms with Crippen LogP contribution in [0.25, 0.3) is 0 Å². The Kier molecular flexibility index (Phi) is 5.23. The van der Waals surface area contributed by atoms with Crippen LogP contribution < -0.4 is 15.8 Å². The molecule has 1 aromatic rings. The lowest BCUT2D eigenvalue weighted by molar-refractivity contribution is -0.127. The Balaban J connectivity index is 2.03. The number of benzene rings is 1. The second-order valence-electron chi connectivity index (χ2n) is 5.94. The van der Waals surface area contributed by atoms with Crippen LogP contribution in [-0.4, -0.2) is 18.1 Å². The number of hydrogen-bond donors (Lipinski definition) is 2. The molecule has 1 aliphatic carbocycles. The molecule has 4 heteroatoms. The van der Waals surface area contributed by atoms with Gasteiger partial charge < -0.3 is 15.8 Å². The molecule has 4 nitrogen and oxygen atoms in total. The van der Waals surface area contributed by atoms with E-state index < -0.39 is 6.10 Å². The maximum absolute atomic E-state index is 12.0. The van der Waals surface area contributed by atoms with Gasteiger partial charge in [0.15, 0.2) is 6.10 Å². The van der Waals surface area contributed by atoms with E-state index >= 15 is 0 Å². The number of carbonyl (C=O) groups is 1. The zero-order valence-electron chi connectivity index (χ0n) is 13.2. The molecule has 0 radical (unpaired) electrons. The van der Waals surface area contributed by atoms with Gasteiger partial charge in [0.25, 0.3) is 5.91 Å². The van der Waals surface area contributed by atoms with E-state index in [1.165, 1.54) is 5.56 Å². The second kappa shape index (κ2) is 6.94. The zero-order chi connectivity index (χ0) is 15.4. The normalized spacial score (nSPS) is 20.3. The Hall–Kier alpha value is -1.55. The van der Waals surface area contributed by atoms with Gasteiger partial charge in [0.05, 0.1) is 0 Å². The van der Waals surface area contributed by atoms with Gasteiger partial charge in [-0.15, -0.1) is 0 Å². The van der Waals surface area contributed by atoms with Gasteiger partial charge in [-0.05, 0) is 62.8 Å². The Morgan fingerprint density at radius 2 is 2.24 bits per heavy atom.